The maximum Gasteiger partial charge on any atom is 0.311 e. The molecule has 1 heterocycles. The predicted octanol–water partition coefficient (Wildman–Crippen LogP) is 2.81. The van der Waals surface area contributed by atoms with E-state index in [4.69, 9.17) is 4.52 Å². The van der Waals surface area contributed by atoms with E-state index >= 15 is 0 Å². The predicted molar refractivity (Wildman–Crippen MR) is 90.0 cm³/mol. The van der Waals surface area contributed by atoms with E-state index < -0.39 is 11.4 Å². The summed E-state index contributed by atoms with van der Waals surface area (Å²) in [4.78, 5) is 28.1. The fourth-order valence-corrected chi connectivity index (χ4v) is 3.99. The Morgan fingerprint density at radius 2 is 1.88 bits per heavy atom. The topological polar surface area (TPSA) is 105 Å². The van der Waals surface area contributed by atoms with Crippen LogP contribution in [-0.2, 0) is 16.0 Å². The number of nitrogens with zero attached hydrogens (tertiary/aromatic N) is 2. The van der Waals surface area contributed by atoms with Crippen LogP contribution in [0.1, 0.15) is 81.8 Å². The summed E-state index contributed by atoms with van der Waals surface area (Å²) in [6.45, 7) is 0.207. The zero-order chi connectivity index (χ0) is 17.7. The molecule has 1 aromatic rings. The van der Waals surface area contributed by atoms with Crippen LogP contribution in [0.5, 0.6) is 0 Å². The monoisotopic (exact) mass is 349 g/mol. The number of hydrogen-bond acceptors (Lipinski definition) is 5. The van der Waals surface area contributed by atoms with Crippen LogP contribution in [0.15, 0.2) is 4.52 Å². The number of hydrogen-bond donors (Lipinski definition) is 2. The molecule has 0 unspecified atom stereocenters. The molecule has 7 nitrogen and oxygen atoms in total. The molecule has 25 heavy (non-hydrogen) atoms. The maximum absolute atomic E-state index is 12.1. The smallest absolute Gasteiger partial charge is 0.311 e. The molecule has 0 spiro atoms. The fraction of sp³-hybridized carbons (Fsp3) is 0.778. The molecule has 0 bridgehead atoms. The van der Waals surface area contributed by atoms with Crippen molar-refractivity contribution in [3.63, 3.8) is 0 Å². The van der Waals surface area contributed by atoms with Crippen LogP contribution in [0, 0.1) is 5.41 Å². The quantitative estimate of drug-likeness (QED) is 0.784. The van der Waals surface area contributed by atoms with Gasteiger partial charge in [-0.15, -0.1) is 0 Å². The lowest BCUT2D eigenvalue weighted by atomic mass is 9.74. The average molecular weight is 349 g/mol. The van der Waals surface area contributed by atoms with Crippen LogP contribution in [0.4, 0.5) is 0 Å². The summed E-state index contributed by atoms with van der Waals surface area (Å²) < 4.78 is 5.24. The second-order valence-corrected chi connectivity index (χ2v) is 7.45. The van der Waals surface area contributed by atoms with Gasteiger partial charge in [-0.25, -0.2) is 0 Å². The number of carbonyl (C=O) groups is 2. The number of nitrogens with one attached hydrogen (secondary N) is 1. The van der Waals surface area contributed by atoms with Crippen LogP contribution < -0.4 is 5.32 Å². The Hall–Kier alpha value is -1.92. The van der Waals surface area contributed by atoms with E-state index in [0.717, 1.165) is 37.9 Å². The van der Waals surface area contributed by atoms with E-state index in [1.165, 1.54) is 12.8 Å². The van der Waals surface area contributed by atoms with Crippen LogP contribution in [-0.4, -0.2) is 33.7 Å². The van der Waals surface area contributed by atoms with Gasteiger partial charge in [-0.05, 0) is 25.7 Å². The van der Waals surface area contributed by atoms with Gasteiger partial charge in [-0.3, -0.25) is 9.59 Å². The summed E-state index contributed by atoms with van der Waals surface area (Å²) in [6.07, 6.45) is 9.44. The Morgan fingerprint density at radius 3 is 2.56 bits per heavy atom. The Bertz CT molecular complexity index is 601. The standard InChI is InChI=1S/C18H27N3O4/c22-14(19-12-18(17(23)24)10-4-1-5-11-18)8-9-15-20-16(21-25-15)13-6-2-3-7-13/h13H,1-12H2,(H,19,22)(H,23,24). The molecular weight excluding hydrogens is 322 g/mol. The van der Waals surface area contributed by atoms with Gasteiger partial charge in [0.1, 0.15) is 0 Å². The summed E-state index contributed by atoms with van der Waals surface area (Å²) in [7, 11) is 0. The number of rotatable bonds is 7. The lowest BCUT2D eigenvalue weighted by Crippen LogP contribution is -2.44. The van der Waals surface area contributed by atoms with Gasteiger partial charge in [-0.1, -0.05) is 37.3 Å². The Kier molecular flexibility index (Phi) is 5.71. The molecule has 2 N–H and O–H groups in total. The first-order valence-corrected chi connectivity index (χ1v) is 9.42. The molecule has 138 valence electrons. The molecule has 7 heteroatoms. The normalized spacial score (nSPS) is 20.5. The molecule has 2 fully saturated rings. The highest BCUT2D eigenvalue weighted by Crippen LogP contribution is 2.36. The molecule has 1 amide bonds. The molecule has 3 rings (SSSR count). The van der Waals surface area contributed by atoms with Gasteiger partial charge >= 0.3 is 5.97 Å². The zero-order valence-corrected chi connectivity index (χ0v) is 14.6. The van der Waals surface area contributed by atoms with Crippen molar-refractivity contribution < 1.29 is 19.2 Å². The first-order valence-electron chi connectivity index (χ1n) is 9.42. The molecule has 2 saturated carbocycles. The van der Waals surface area contributed by atoms with E-state index in [1.54, 1.807) is 0 Å². The summed E-state index contributed by atoms with van der Waals surface area (Å²) in [6, 6.07) is 0. The van der Waals surface area contributed by atoms with Crippen molar-refractivity contribution in [2.45, 2.75) is 76.5 Å². The van der Waals surface area contributed by atoms with Crippen molar-refractivity contribution in [1.82, 2.24) is 15.5 Å². The number of carbonyl (C=O) groups excluding carboxylic acids is 1. The molecule has 0 saturated heterocycles. The second-order valence-electron chi connectivity index (χ2n) is 7.45. The molecule has 2 aliphatic rings. The number of aromatic nitrogens is 2. The van der Waals surface area contributed by atoms with Crippen molar-refractivity contribution in [1.29, 1.82) is 0 Å². The first kappa shape index (κ1) is 17.9. The molecule has 2 aliphatic carbocycles. The van der Waals surface area contributed by atoms with Crippen LogP contribution in [0.2, 0.25) is 0 Å². The molecular formula is C18H27N3O4. The van der Waals surface area contributed by atoms with Crippen molar-refractivity contribution in [3.8, 4) is 0 Å². The summed E-state index contributed by atoms with van der Waals surface area (Å²) >= 11 is 0. The molecule has 0 aromatic carbocycles. The van der Waals surface area contributed by atoms with Gasteiger partial charge < -0.3 is 14.9 Å². The van der Waals surface area contributed by atoms with Gasteiger partial charge in [-0.2, -0.15) is 4.98 Å². The molecule has 0 atom stereocenters. The Morgan fingerprint density at radius 1 is 1.16 bits per heavy atom. The van der Waals surface area contributed by atoms with Crippen molar-refractivity contribution in [2.75, 3.05) is 6.54 Å². The summed E-state index contributed by atoms with van der Waals surface area (Å²) in [5.74, 6) is 0.688. The highest BCUT2D eigenvalue weighted by molar-refractivity contribution is 5.79. The van der Waals surface area contributed by atoms with E-state index in [2.05, 4.69) is 15.5 Å². The van der Waals surface area contributed by atoms with Gasteiger partial charge in [0.25, 0.3) is 0 Å². The van der Waals surface area contributed by atoms with Gasteiger partial charge in [0.2, 0.25) is 11.8 Å². The van der Waals surface area contributed by atoms with E-state index in [0.29, 0.717) is 31.1 Å². The minimum atomic E-state index is -0.800. The second kappa shape index (κ2) is 7.97. The van der Waals surface area contributed by atoms with Crippen LogP contribution in [0.3, 0.4) is 0 Å². The molecule has 0 aliphatic heterocycles. The minimum absolute atomic E-state index is 0.160. The third kappa shape index (κ3) is 4.38. The maximum atomic E-state index is 12.1. The molecule has 1 aromatic heterocycles. The first-order chi connectivity index (χ1) is 12.1. The third-order valence-corrected chi connectivity index (χ3v) is 5.66. The lowest BCUT2D eigenvalue weighted by molar-refractivity contribution is -0.151. The van der Waals surface area contributed by atoms with Gasteiger partial charge in [0.05, 0.1) is 5.41 Å². The third-order valence-electron chi connectivity index (χ3n) is 5.66. The number of aliphatic carboxylic acids is 1. The van der Waals surface area contributed by atoms with Crippen molar-refractivity contribution in [3.05, 3.63) is 11.7 Å². The number of amides is 1. The van der Waals surface area contributed by atoms with E-state index in [1.807, 2.05) is 0 Å². The SMILES string of the molecule is O=C(CCc1nc(C2CCCC2)no1)NCC1(C(=O)O)CCCCC1. The zero-order valence-electron chi connectivity index (χ0n) is 14.6. The van der Waals surface area contributed by atoms with Gasteiger partial charge in [0, 0.05) is 25.3 Å². The summed E-state index contributed by atoms with van der Waals surface area (Å²) in [5, 5.41) is 16.4. The number of carboxylic acids is 1. The van der Waals surface area contributed by atoms with Gasteiger partial charge in [0.15, 0.2) is 5.82 Å². The van der Waals surface area contributed by atoms with E-state index in [9.17, 15) is 14.7 Å². The fourth-order valence-electron chi connectivity index (χ4n) is 3.99. The minimum Gasteiger partial charge on any atom is -0.481 e. The largest absolute Gasteiger partial charge is 0.481 e. The number of aryl methyl sites for hydroxylation is 1. The number of carboxylic acid groups (broad SMARTS) is 1. The molecule has 0 radical (unpaired) electrons. The Labute approximate surface area is 147 Å². The average Bonchev–Trinajstić information content (AvgIpc) is 3.30. The van der Waals surface area contributed by atoms with Crippen molar-refractivity contribution >= 4 is 11.9 Å². The highest BCUT2D eigenvalue weighted by atomic mass is 16.5. The summed E-state index contributed by atoms with van der Waals surface area (Å²) in [5.41, 5.74) is -0.798. The Balaban J connectivity index is 1.45. The van der Waals surface area contributed by atoms with E-state index in [-0.39, 0.29) is 18.9 Å². The van der Waals surface area contributed by atoms with Crippen LogP contribution in [0.25, 0.3) is 0 Å². The van der Waals surface area contributed by atoms with Crippen LogP contribution >= 0.6 is 0 Å². The highest BCUT2D eigenvalue weighted by Gasteiger charge is 2.39. The lowest BCUT2D eigenvalue weighted by Gasteiger charge is -2.33. The van der Waals surface area contributed by atoms with Crippen molar-refractivity contribution in [2.24, 2.45) is 5.41 Å².